The normalized spacial score (nSPS) is 10.8. The number of nitrogens with zero attached hydrogens (tertiary/aromatic N) is 1. The predicted molar refractivity (Wildman–Crippen MR) is 81.8 cm³/mol. The van der Waals surface area contributed by atoms with E-state index in [4.69, 9.17) is 11.6 Å². The topological polar surface area (TPSA) is 3.24 Å². The van der Waals surface area contributed by atoms with E-state index in [1.165, 1.54) is 16.5 Å². The van der Waals surface area contributed by atoms with Gasteiger partial charge in [-0.25, -0.2) is 0 Å². The van der Waals surface area contributed by atoms with Gasteiger partial charge in [-0.05, 0) is 31.2 Å². The number of anilines is 1. The second-order valence-corrected chi connectivity index (χ2v) is 4.85. The fourth-order valence-corrected chi connectivity index (χ4v) is 2.52. The van der Waals surface area contributed by atoms with E-state index in [9.17, 15) is 0 Å². The number of fused-ring (bicyclic) bond motifs is 1. The van der Waals surface area contributed by atoms with E-state index in [1.807, 2.05) is 0 Å². The zero-order valence-electron chi connectivity index (χ0n) is 10.9. The highest BCUT2D eigenvalue weighted by Crippen LogP contribution is 2.26. The Balaban J connectivity index is 2.27. The molecule has 0 unspecified atom stereocenters. The van der Waals surface area contributed by atoms with Crippen LogP contribution in [0.2, 0.25) is 0 Å². The molecule has 0 aliphatic carbocycles. The Labute approximate surface area is 114 Å². The van der Waals surface area contributed by atoms with Gasteiger partial charge >= 0.3 is 0 Å². The predicted octanol–water partition coefficient (Wildman–Crippen LogP) is 4.69. The maximum atomic E-state index is 5.75. The van der Waals surface area contributed by atoms with Crippen LogP contribution in [0.1, 0.15) is 19.8 Å². The number of benzene rings is 2. The summed E-state index contributed by atoms with van der Waals surface area (Å²) in [6.45, 7) is 4.33. The van der Waals surface area contributed by atoms with Crippen LogP contribution in [0.5, 0.6) is 0 Å². The van der Waals surface area contributed by atoms with Crippen LogP contribution in [0.4, 0.5) is 5.69 Å². The Kier molecular flexibility index (Phi) is 4.89. The van der Waals surface area contributed by atoms with Crippen LogP contribution in [-0.4, -0.2) is 19.0 Å². The lowest BCUT2D eigenvalue weighted by Gasteiger charge is -2.24. The van der Waals surface area contributed by atoms with E-state index in [-0.39, 0.29) is 0 Å². The lowest BCUT2D eigenvalue weighted by atomic mass is 10.1. The number of unbranched alkanes of at least 4 members (excludes halogenated alkanes) is 1. The van der Waals surface area contributed by atoms with Gasteiger partial charge in [0, 0.05) is 30.0 Å². The van der Waals surface area contributed by atoms with Crippen LogP contribution in [0.3, 0.4) is 0 Å². The third-order valence-electron chi connectivity index (χ3n) is 3.30. The van der Waals surface area contributed by atoms with Crippen molar-refractivity contribution in [3.8, 4) is 0 Å². The van der Waals surface area contributed by atoms with E-state index in [2.05, 4.69) is 54.3 Å². The first kappa shape index (κ1) is 13.2. The number of hydrogen-bond acceptors (Lipinski definition) is 1. The van der Waals surface area contributed by atoms with E-state index in [0.29, 0.717) is 0 Å². The molecule has 2 rings (SSSR count). The van der Waals surface area contributed by atoms with Crippen molar-refractivity contribution < 1.29 is 0 Å². The number of halogens is 1. The summed E-state index contributed by atoms with van der Waals surface area (Å²) in [4.78, 5) is 2.44. The molecule has 0 heterocycles. The summed E-state index contributed by atoms with van der Waals surface area (Å²) in [5.41, 5.74) is 1.34. The molecule has 0 aromatic heterocycles. The van der Waals surface area contributed by atoms with Gasteiger partial charge in [0.25, 0.3) is 0 Å². The summed E-state index contributed by atoms with van der Waals surface area (Å²) in [5, 5.41) is 2.65. The zero-order valence-corrected chi connectivity index (χ0v) is 11.7. The van der Waals surface area contributed by atoms with Gasteiger partial charge in [0.15, 0.2) is 0 Å². The molecule has 1 nitrogen and oxygen atoms in total. The van der Waals surface area contributed by atoms with Gasteiger partial charge in [-0.3, -0.25) is 0 Å². The first-order chi connectivity index (χ1) is 8.86. The molecule has 0 fully saturated rings. The molecule has 0 saturated carbocycles. The third-order valence-corrected chi connectivity index (χ3v) is 3.57. The lowest BCUT2D eigenvalue weighted by molar-refractivity contribution is 0.737. The summed E-state index contributed by atoms with van der Waals surface area (Å²) in [6.07, 6.45) is 2.24. The fourth-order valence-electron chi connectivity index (χ4n) is 2.33. The van der Waals surface area contributed by atoms with Crippen molar-refractivity contribution in [2.24, 2.45) is 0 Å². The third kappa shape index (κ3) is 2.97. The van der Waals surface area contributed by atoms with Crippen LogP contribution in [0.25, 0.3) is 10.8 Å². The summed E-state index contributed by atoms with van der Waals surface area (Å²) in [5.74, 6) is 0.757. The van der Waals surface area contributed by atoms with Crippen molar-refractivity contribution in [2.75, 3.05) is 23.9 Å². The molecule has 18 heavy (non-hydrogen) atoms. The van der Waals surface area contributed by atoms with Crippen LogP contribution in [0.15, 0.2) is 42.5 Å². The van der Waals surface area contributed by atoms with Gasteiger partial charge in [-0.2, -0.15) is 0 Å². The van der Waals surface area contributed by atoms with Gasteiger partial charge in [0.2, 0.25) is 0 Å². The van der Waals surface area contributed by atoms with E-state index in [0.717, 1.165) is 31.8 Å². The molecule has 2 heteroatoms. The Bertz CT molecular complexity index is 490. The molecular formula is C16H20ClN. The molecule has 2 aromatic rings. The molecule has 96 valence electrons. The molecule has 2 aromatic carbocycles. The van der Waals surface area contributed by atoms with Gasteiger partial charge in [-0.1, -0.05) is 36.4 Å². The van der Waals surface area contributed by atoms with Crippen molar-refractivity contribution in [1.29, 1.82) is 0 Å². The average Bonchev–Trinajstić information content (AvgIpc) is 2.43. The van der Waals surface area contributed by atoms with Crippen molar-refractivity contribution in [2.45, 2.75) is 19.8 Å². The smallest absolute Gasteiger partial charge is 0.0445 e. The molecule has 0 aliphatic rings. The van der Waals surface area contributed by atoms with E-state index >= 15 is 0 Å². The number of alkyl halides is 1. The van der Waals surface area contributed by atoms with Crippen LogP contribution in [-0.2, 0) is 0 Å². The fraction of sp³-hybridized carbons (Fsp3) is 0.375. The summed E-state index contributed by atoms with van der Waals surface area (Å²) < 4.78 is 0. The number of hydrogen-bond donors (Lipinski definition) is 0. The highest BCUT2D eigenvalue weighted by molar-refractivity contribution is 6.17. The van der Waals surface area contributed by atoms with Crippen molar-refractivity contribution in [3.05, 3.63) is 42.5 Å². The van der Waals surface area contributed by atoms with Crippen LogP contribution >= 0.6 is 11.6 Å². The molecule has 0 amide bonds. The van der Waals surface area contributed by atoms with Gasteiger partial charge in [0.05, 0.1) is 0 Å². The first-order valence-corrected chi connectivity index (χ1v) is 7.19. The molecule has 0 aliphatic heterocycles. The molecule has 0 radical (unpaired) electrons. The van der Waals surface area contributed by atoms with Crippen LogP contribution in [0, 0.1) is 0 Å². The van der Waals surface area contributed by atoms with Crippen molar-refractivity contribution >= 4 is 28.1 Å². The monoisotopic (exact) mass is 261 g/mol. The minimum Gasteiger partial charge on any atom is -0.371 e. The van der Waals surface area contributed by atoms with E-state index in [1.54, 1.807) is 0 Å². The number of rotatable bonds is 6. The van der Waals surface area contributed by atoms with Gasteiger partial charge < -0.3 is 4.90 Å². The Hall–Kier alpha value is -1.21. The minimum absolute atomic E-state index is 0.757. The second-order valence-electron chi connectivity index (χ2n) is 4.47. The van der Waals surface area contributed by atoms with Crippen LogP contribution < -0.4 is 4.90 Å². The largest absolute Gasteiger partial charge is 0.371 e. The SMILES string of the molecule is CCN(CCCCCl)c1cccc2ccccc12. The summed E-state index contributed by atoms with van der Waals surface area (Å²) in [6, 6.07) is 15.1. The molecule has 0 atom stereocenters. The van der Waals surface area contributed by atoms with Gasteiger partial charge in [0.1, 0.15) is 0 Å². The Morgan fingerprint density at radius 2 is 1.78 bits per heavy atom. The maximum Gasteiger partial charge on any atom is 0.0445 e. The zero-order chi connectivity index (χ0) is 12.8. The van der Waals surface area contributed by atoms with Crippen molar-refractivity contribution in [3.63, 3.8) is 0 Å². The van der Waals surface area contributed by atoms with Crippen molar-refractivity contribution in [1.82, 2.24) is 0 Å². The quantitative estimate of drug-likeness (QED) is 0.539. The summed E-state index contributed by atoms with van der Waals surface area (Å²) in [7, 11) is 0. The molecule has 0 bridgehead atoms. The lowest BCUT2D eigenvalue weighted by Crippen LogP contribution is -2.24. The Morgan fingerprint density at radius 3 is 2.56 bits per heavy atom. The highest BCUT2D eigenvalue weighted by atomic mass is 35.5. The minimum atomic E-state index is 0.757. The standard InChI is InChI=1S/C16H20ClN/c1-2-18(13-6-5-12-17)16-11-7-9-14-8-3-4-10-15(14)16/h3-4,7-11H,2,5-6,12-13H2,1H3. The second kappa shape index (κ2) is 6.65. The molecule has 0 N–H and O–H groups in total. The highest BCUT2D eigenvalue weighted by Gasteiger charge is 2.07. The summed E-state index contributed by atoms with van der Waals surface area (Å²) >= 11 is 5.75. The Morgan fingerprint density at radius 1 is 1.00 bits per heavy atom. The van der Waals surface area contributed by atoms with Gasteiger partial charge in [-0.15, -0.1) is 11.6 Å². The average molecular weight is 262 g/mol. The maximum absolute atomic E-state index is 5.75. The molecule has 0 saturated heterocycles. The molecule has 0 spiro atoms. The molecular weight excluding hydrogens is 242 g/mol. The van der Waals surface area contributed by atoms with E-state index < -0.39 is 0 Å². The first-order valence-electron chi connectivity index (χ1n) is 6.65.